The van der Waals surface area contributed by atoms with Crippen molar-refractivity contribution < 1.29 is 9.59 Å². The van der Waals surface area contributed by atoms with Gasteiger partial charge >= 0.3 is 0 Å². The van der Waals surface area contributed by atoms with Gasteiger partial charge in [0.1, 0.15) is 0 Å². The van der Waals surface area contributed by atoms with Crippen LogP contribution in [0.2, 0.25) is 0 Å². The molecule has 1 atom stereocenters. The van der Waals surface area contributed by atoms with Crippen molar-refractivity contribution in [2.45, 2.75) is 6.42 Å². The topological polar surface area (TPSA) is 37.4 Å². The van der Waals surface area contributed by atoms with E-state index in [1.165, 1.54) is 0 Å². The molecule has 0 aromatic heterocycles. The first-order valence-corrected chi connectivity index (χ1v) is 8.00. The lowest BCUT2D eigenvalue weighted by molar-refractivity contribution is 0.0892. The molecular weight excluding hydrogens is 298 g/mol. The number of rotatable bonds is 8. The molecule has 0 amide bonds. The SMILES string of the molecule is C=C(C[C@H](CN(C)C)C(=O)c1ccccc1)C(=O)c1ccccc1. The van der Waals surface area contributed by atoms with Gasteiger partial charge < -0.3 is 4.90 Å². The first-order valence-electron chi connectivity index (χ1n) is 8.00. The maximum absolute atomic E-state index is 12.8. The smallest absolute Gasteiger partial charge is 0.188 e. The Labute approximate surface area is 143 Å². The summed E-state index contributed by atoms with van der Waals surface area (Å²) in [6, 6.07) is 18.3. The van der Waals surface area contributed by atoms with E-state index in [-0.39, 0.29) is 17.5 Å². The standard InChI is InChI=1S/C21H23NO2/c1-16(20(23)17-10-6-4-7-11-17)14-19(15-22(2)3)21(24)18-12-8-5-9-13-18/h4-13,19H,1,14-15H2,2-3H3/t19-/m1/s1. The van der Waals surface area contributed by atoms with Crippen molar-refractivity contribution in [3.05, 3.63) is 83.9 Å². The Hall–Kier alpha value is -2.52. The maximum atomic E-state index is 12.8. The van der Waals surface area contributed by atoms with Crippen LogP contribution in [0.25, 0.3) is 0 Å². The third kappa shape index (κ3) is 4.74. The highest BCUT2D eigenvalue weighted by Crippen LogP contribution is 2.20. The molecule has 2 aromatic rings. The van der Waals surface area contributed by atoms with Crippen LogP contribution in [0.5, 0.6) is 0 Å². The van der Waals surface area contributed by atoms with Crippen molar-refractivity contribution in [2.24, 2.45) is 5.92 Å². The Morgan fingerprint density at radius 3 is 1.92 bits per heavy atom. The predicted octanol–water partition coefficient (Wildman–Crippen LogP) is 3.88. The Balaban J connectivity index is 2.15. The Bertz CT molecular complexity index is 705. The van der Waals surface area contributed by atoms with Gasteiger partial charge in [0.15, 0.2) is 11.6 Å². The predicted molar refractivity (Wildman–Crippen MR) is 97.3 cm³/mol. The minimum absolute atomic E-state index is 0.0475. The van der Waals surface area contributed by atoms with Crippen LogP contribution in [-0.4, -0.2) is 37.1 Å². The summed E-state index contributed by atoms with van der Waals surface area (Å²) in [5, 5.41) is 0. The Morgan fingerprint density at radius 2 is 1.42 bits per heavy atom. The molecule has 3 heteroatoms. The van der Waals surface area contributed by atoms with Crippen LogP contribution < -0.4 is 0 Å². The summed E-state index contributed by atoms with van der Waals surface area (Å²) in [5.74, 6) is -0.339. The van der Waals surface area contributed by atoms with E-state index in [0.717, 1.165) is 0 Å². The number of Topliss-reactive ketones (excluding diaryl/α,β-unsaturated/α-hetero) is 2. The van der Waals surface area contributed by atoms with Gasteiger partial charge in [-0.2, -0.15) is 0 Å². The van der Waals surface area contributed by atoms with Gasteiger partial charge in [-0.25, -0.2) is 0 Å². The van der Waals surface area contributed by atoms with Gasteiger partial charge in [-0.05, 0) is 26.1 Å². The van der Waals surface area contributed by atoms with E-state index in [2.05, 4.69) is 6.58 Å². The van der Waals surface area contributed by atoms with Gasteiger partial charge in [0.25, 0.3) is 0 Å². The van der Waals surface area contributed by atoms with E-state index in [4.69, 9.17) is 0 Å². The highest BCUT2D eigenvalue weighted by molar-refractivity contribution is 6.09. The number of ketones is 2. The van der Waals surface area contributed by atoms with E-state index in [0.29, 0.717) is 29.7 Å². The minimum Gasteiger partial charge on any atom is -0.309 e. The third-order valence-corrected chi connectivity index (χ3v) is 3.86. The summed E-state index contributed by atoms with van der Waals surface area (Å²) >= 11 is 0. The molecule has 124 valence electrons. The monoisotopic (exact) mass is 321 g/mol. The van der Waals surface area contributed by atoms with Gasteiger partial charge in [0.2, 0.25) is 0 Å². The van der Waals surface area contributed by atoms with Crippen LogP contribution in [0.1, 0.15) is 27.1 Å². The van der Waals surface area contributed by atoms with Crippen LogP contribution in [0.15, 0.2) is 72.8 Å². The molecule has 0 aliphatic heterocycles. The van der Waals surface area contributed by atoms with Crippen molar-refractivity contribution in [1.82, 2.24) is 4.90 Å². The molecule has 0 bridgehead atoms. The highest BCUT2D eigenvalue weighted by atomic mass is 16.1. The fourth-order valence-corrected chi connectivity index (χ4v) is 2.70. The van der Waals surface area contributed by atoms with Gasteiger partial charge in [-0.1, -0.05) is 67.2 Å². The molecule has 0 saturated heterocycles. The summed E-state index contributed by atoms with van der Waals surface area (Å²) in [5.41, 5.74) is 1.75. The van der Waals surface area contributed by atoms with Crippen LogP contribution >= 0.6 is 0 Å². The lowest BCUT2D eigenvalue weighted by Gasteiger charge is -2.21. The molecule has 3 nitrogen and oxygen atoms in total. The molecule has 0 N–H and O–H groups in total. The quantitative estimate of drug-likeness (QED) is 0.547. The first kappa shape index (κ1) is 17.8. The molecule has 0 aliphatic rings. The Kier molecular flexibility index (Phi) is 6.21. The average molecular weight is 321 g/mol. The lowest BCUT2D eigenvalue weighted by Crippen LogP contribution is -2.29. The fraction of sp³-hybridized carbons (Fsp3) is 0.238. The number of allylic oxidation sites excluding steroid dienone is 1. The van der Waals surface area contributed by atoms with Crippen LogP contribution in [0.3, 0.4) is 0 Å². The second-order valence-electron chi connectivity index (χ2n) is 6.19. The number of carbonyl (C=O) groups excluding carboxylic acids is 2. The molecule has 0 aliphatic carbocycles. The van der Waals surface area contributed by atoms with Gasteiger partial charge in [0, 0.05) is 23.6 Å². The lowest BCUT2D eigenvalue weighted by atomic mass is 9.88. The third-order valence-electron chi connectivity index (χ3n) is 3.86. The number of hydrogen-bond acceptors (Lipinski definition) is 3. The van der Waals surface area contributed by atoms with Crippen molar-refractivity contribution in [3.8, 4) is 0 Å². The normalized spacial score (nSPS) is 12.0. The average Bonchev–Trinajstić information content (AvgIpc) is 2.61. The second kappa shape index (κ2) is 8.37. The molecule has 0 heterocycles. The largest absolute Gasteiger partial charge is 0.309 e. The summed E-state index contributed by atoms with van der Waals surface area (Å²) in [7, 11) is 3.85. The zero-order valence-corrected chi connectivity index (χ0v) is 14.2. The van der Waals surface area contributed by atoms with Gasteiger partial charge in [-0.3, -0.25) is 9.59 Å². The summed E-state index contributed by atoms with van der Waals surface area (Å²) < 4.78 is 0. The van der Waals surface area contributed by atoms with Crippen molar-refractivity contribution in [2.75, 3.05) is 20.6 Å². The summed E-state index contributed by atoms with van der Waals surface area (Å²) in [6.45, 7) is 4.51. The Morgan fingerprint density at radius 1 is 0.917 bits per heavy atom. The van der Waals surface area contributed by atoms with Crippen LogP contribution in [0.4, 0.5) is 0 Å². The van der Waals surface area contributed by atoms with E-state index in [9.17, 15) is 9.59 Å². The number of hydrogen-bond donors (Lipinski definition) is 0. The molecule has 0 radical (unpaired) electrons. The van der Waals surface area contributed by atoms with Gasteiger partial charge in [0.05, 0.1) is 0 Å². The molecule has 2 rings (SSSR count). The van der Waals surface area contributed by atoms with E-state index in [1.807, 2.05) is 67.5 Å². The summed E-state index contributed by atoms with van der Waals surface area (Å²) in [4.78, 5) is 27.3. The molecule has 0 fully saturated rings. The molecule has 0 spiro atoms. The summed E-state index contributed by atoms with van der Waals surface area (Å²) in [6.07, 6.45) is 0.361. The van der Waals surface area contributed by atoms with E-state index < -0.39 is 0 Å². The van der Waals surface area contributed by atoms with E-state index in [1.54, 1.807) is 12.1 Å². The first-order chi connectivity index (χ1) is 11.5. The second-order valence-corrected chi connectivity index (χ2v) is 6.19. The molecule has 2 aromatic carbocycles. The van der Waals surface area contributed by atoms with Gasteiger partial charge in [-0.15, -0.1) is 0 Å². The number of carbonyl (C=O) groups is 2. The fourth-order valence-electron chi connectivity index (χ4n) is 2.70. The highest BCUT2D eigenvalue weighted by Gasteiger charge is 2.24. The van der Waals surface area contributed by atoms with Crippen molar-refractivity contribution in [3.63, 3.8) is 0 Å². The zero-order valence-electron chi connectivity index (χ0n) is 14.2. The molecule has 24 heavy (non-hydrogen) atoms. The number of benzene rings is 2. The van der Waals surface area contributed by atoms with Crippen molar-refractivity contribution >= 4 is 11.6 Å². The van der Waals surface area contributed by atoms with Crippen LogP contribution in [-0.2, 0) is 0 Å². The molecule has 0 saturated carbocycles. The van der Waals surface area contributed by atoms with E-state index >= 15 is 0 Å². The molecule has 0 unspecified atom stereocenters. The minimum atomic E-state index is -0.289. The number of nitrogens with zero attached hydrogens (tertiary/aromatic N) is 1. The zero-order chi connectivity index (χ0) is 17.5. The maximum Gasteiger partial charge on any atom is 0.188 e. The van der Waals surface area contributed by atoms with Crippen molar-refractivity contribution in [1.29, 1.82) is 0 Å². The molecular formula is C21H23NO2. The van der Waals surface area contributed by atoms with Crippen LogP contribution in [0, 0.1) is 5.92 Å².